The van der Waals surface area contributed by atoms with Crippen LogP contribution in [-0.4, -0.2) is 10.8 Å². The smallest absolute Gasteiger partial charge is 0.162 e. The van der Waals surface area contributed by atoms with Crippen LogP contribution in [0.4, 0.5) is 4.39 Å². The molecule has 2 nitrogen and oxygen atoms in total. The summed E-state index contributed by atoms with van der Waals surface area (Å²) in [6.45, 7) is 3.22. The van der Waals surface area contributed by atoms with Crippen LogP contribution in [0.3, 0.4) is 0 Å². The van der Waals surface area contributed by atoms with Gasteiger partial charge in [-0.3, -0.25) is 4.79 Å². The summed E-state index contributed by atoms with van der Waals surface area (Å²) < 4.78 is 13.4. The highest BCUT2D eigenvalue weighted by molar-refractivity contribution is 6.31. The van der Waals surface area contributed by atoms with Gasteiger partial charge in [0.05, 0.1) is 11.3 Å². The molecule has 3 aromatic rings. The molecule has 0 bridgehead atoms. The van der Waals surface area contributed by atoms with E-state index >= 15 is 0 Å². The standard InChI is InChI=1S/C17H13ClFNO/c1-9-7-11(3-5-14(9)19)17-16(10(2)21)13-8-12(18)4-6-15(13)20-17/h3-8,20H,1-2H3. The molecule has 1 aromatic heterocycles. The van der Waals surface area contributed by atoms with Crippen LogP contribution in [0.1, 0.15) is 22.8 Å². The number of aromatic amines is 1. The molecular weight excluding hydrogens is 289 g/mol. The first-order chi connectivity index (χ1) is 9.97. The maximum Gasteiger partial charge on any atom is 0.162 e. The fourth-order valence-electron chi connectivity index (χ4n) is 2.55. The Morgan fingerprint density at radius 1 is 1.19 bits per heavy atom. The number of nitrogens with one attached hydrogen (secondary N) is 1. The molecule has 0 saturated heterocycles. The Balaban J connectivity index is 2.33. The largest absolute Gasteiger partial charge is 0.354 e. The van der Waals surface area contributed by atoms with Gasteiger partial charge in [0, 0.05) is 15.9 Å². The molecule has 0 amide bonds. The Morgan fingerprint density at radius 2 is 1.95 bits per heavy atom. The number of benzene rings is 2. The van der Waals surface area contributed by atoms with E-state index in [0.29, 0.717) is 21.8 Å². The lowest BCUT2D eigenvalue weighted by molar-refractivity contribution is 0.102. The van der Waals surface area contributed by atoms with Gasteiger partial charge in [-0.15, -0.1) is 0 Å². The Bertz CT molecular complexity index is 867. The van der Waals surface area contributed by atoms with Gasteiger partial charge in [0.2, 0.25) is 0 Å². The molecule has 0 spiro atoms. The fraction of sp³-hybridized carbons (Fsp3) is 0.118. The first-order valence-electron chi connectivity index (χ1n) is 6.56. The highest BCUT2D eigenvalue weighted by atomic mass is 35.5. The van der Waals surface area contributed by atoms with Crippen molar-refractivity contribution in [3.63, 3.8) is 0 Å². The van der Waals surface area contributed by atoms with Gasteiger partial charge in [-0.25, -0.2) is 4.39 Å². The van der Waals surface area contributed by atoms with Crippen molar-refractivity contribution in [1.82, 2.24) is 4.98 Å². The Hall–Kier alpha value is -2.13. The number of fused-ring (bicyclic) bond motifs is 1. The molecule has 0 fully saturated rings. The summed E-state index contributed by atoms with van der Waals surface area (Å²) in [5, 5.41) is 1.36. The molecule has 0 unspecified atom stereocenters. The molecule has 3 rings (SSSR count). The summed E-state index contributed by atoms with van der Waals surface area (Å²) in [5.74, 6) is -0.317. The predicted molar refractivity (Wildman–Crippen MR) is 83.4 cm³/mol. The lowest BCUT2D eigenvalue weighted by Gasteiger charge is -2.04. The van der Waals surface area contributed by atoms with Gasteiger partial charge in [-0.05, 0) is 61.4 Å². The number of halogens is 2. The van der Waals surface area contributed by atoms with Crippen LogP contribution in [0.2, 0.25) is 5.02 Å². The molecule has 1 heterocycles. The minimum Gasteiger partial charge on any atom is -0.354 e. The SMILES string of the molecule is CC(=O)c1c(-c2ccc(F)c(C)c2)[nH]c2ccc(Cl)cc12. The molecule has 2 aromatic carbocycles. The number of hydrogen-bond donors (Lipinski definition) is 1. The molecule has 0 radical (unpaired) electrons. The molecule has 21 heavy (non-hydrogen) atoms. The zero-order valence-electron chi connectivity index (χ0n) is 11.6. The van der Waals surface area contributed by atoms with Crippen LogP contribution in [0.15, 0.2) is 36.4 Å². The maximum absolute atomic E-state index is 13.4. The zero-order chi connectivity index (χ0) is 15.1. The van der Waals surface area contributed by atoms with Gasteiger partial charge >= 0.3 is 0 Å². The number of carbonyl (C=O) groups excluding carboxylic acids is 1. The Labute approximate surface area is 126 Å². The normalized spacial score (nSPS) is 11.0. The topological polar surface area (TPSA) is 32.9 Å². The first kappa shape index (κ1) is 13.8. The number of rotatable bonds is 2. The third-order valence-corrected chi connectivity index (χ3v) is 3.79. The quantitative estimate of drug-likeness (QED) is 0.653. The second kappa shape index (κ2) is 5.01. The third-order valence-electron chi connectivity index (χ3n) is 3.56. The first-order valence-corrected chi connectivity index (χ1v) is 6.94. The van der Waals surface area contributed by atoms with Gasteiger partial charge in [0.1, 0.15) is 5.82 Å². The lowest BCUT2D eigenvalue weighted by Crippen LogP contribution is -1.94. The second-order valence-electron chi connectivity index (χ2n) is 5.09. The van der Waals surface area contributed by atoms with E-state index in [-0.39, 0.29) is 11.6 Å². The molecule has 0 aliphatic carbocycles. The Kier molecular flexibility index (Phi) is 3.30. The van der Waals surface area contributed by atoms with E-state index in [1.165, 1.54) is 13.0 Å². The summed E-state index contributed by atoms with van der Waals surface area (Å²) in [5.41, 5.74) is 3.44. The average Bonchev–Trinajstić information content (AvgIpc) is 2.80. The number of Topliss-reactive ketones (excluding diaryl/α,β-unsaturated/α-hetero) is 1. The average molecular weight is 302 g/mol. The van der Waals surface area contributed by atoms with Gasteiger partial charge in [-0.1, -0.05) is 11.6 Å². The Morgan fingerprint density at radius 3 is 2.62 bits per heavy atom. The lowest BCUT2D eigenvalue weighted by atomic mass is 10.0. The predicted octanol–water partition coefficient (Wildman–Crippen LogP) is 5.14. The molecule has 0 atom stereocenters. The number of aromatic nitrogens is 1. The summed E-state index contributed by atoms with van der Waals surface area (Å²) in [7, 11) is 0. The van der Waals surface area contributed by atoms with E-state index in [9.17, 15) is 9.18 Å². The van der Waals surface area contributed by atoms with Gasteiger partial charge in [-0.2, -0.15) is 0 Å². The van der Waals surface area contributed by atoms with Crippen molar-refractivity contribution >= 4 is 28.3 Å². The van der Waals surface area contributed by atoms with Crippen LogP contribution in [-0.2, 0) is 0 Å². The van der Waals surface area contributed by atoms with E-state index in [1.54, 1.807) is 31.2 Å². The minimum atomic E-state index is -0.262. The van der Waals surface area contributed by atoms with Crippen LogP contribution in [0.5, 0.6) is 0 Å². The van der Waals surface area contributed by atoms with Crippen molar-refractivity contribution in [1.29, 1.82) is 0 Å². The van der Waals surface area contributed by atoms with Crippen LogP contribution >= 0.6 is 11.6 Å². The van der Waals surface area contributed by atoms with Crippen LogP contribution in [0.25, 0.3) is 22.2 Å². The summed E-state index contributed by atoms with van der Waals surface area (Å²) in [6.07, 6.45) is 0. The van der Waals surface area contributed by atoms with Gasteiger partial charge < -0.3 is 4.98 Å². The molecule has 106 valence electrons. The minimum absolute atomic E-state index is 0.0551. The number of ketones is 1. The number of carbonyl (C=O) groups is 1. The van der Waals surface area contributed by atoms with Crippen LogP contribution in [0, 0.1) is 12.7 Å². The van der Waals surface area contributed by atoms with E-state index in [2.05, 4.69) is 4.98 Å². The monoisotopic (exact) mass is 301 g/mol. The maximum atomic E-state index is 13.4. The summed E-state index contributed by atoms with van der Waals surface area (Å²) in [4.78, 5) is 15.3. The molecular formula is C17H13ClFNO. The molecule has 0 aliphatic heterocycles. The van der Waals surface area contributed by atoms with Crippen molar-refractivity contribution in [2.24, 2.45) is 0 Å². The van der Waals surface area contributed by atoms with E-state index < -0.39 is 0 Å². The van der Waals surface area contributed by atoms with Crippen molar-refractivity contribution < 1.29 is 9.18 Å². The molecule has 0 saturated carbocycles. The highest BCUT2D eigenvalue weighted by Crippen LogP contribution is 2.33. The van der Waals surface area contributed by atoms with Crippen molar-refractivity contribution in [2.45, 2.75) is 13.8 Å². The molecule has 1 N–H and O–H groups in total. The van der Waals surface area contributed by atoms with Crippen LogP contribution < -0.4 is 0 Å². The second-order valence-corrected chi connectivity index (χ2v) is 5.52. The van der Waals surface area contributed by atoms with Crippen molar-refractivity contribution in [3.8, 4) is 11.3 Å². The number of hydrogen-bond acceptors (Lipinski definition) is 1. The number of H-pyrrole nitrogens is 1. The van der Waals surface area contributed by atoms with E-state index in [4.69, 9.17) is 11.6 Å². The van der Waals surface area contributed by atoms with E-state index in [1.807, 2.05) is 6.07 Å². The zero-order valence-corrected chi connectivity index (χ0v) is 12.4. The van der Waals surface area contributed by atoms with Gasteiger partial charge in [0.15, 0.2) is 5.78 Å². The summed E-state index contributed by atoms with van der Waals surface area (Å²) >= 11 is 6.02. The van der Waals surface area contributed by atoms with Crippen molar-refractivity contribution in [3.05, 3.63) is 58.4 Å². The third kappa shape index (κ3) is 2.34. The number of aryl methyl sites for hydroxylation is 1. The molecule has 0 aliphatic rings. The highest BCUT2D eigenvalue weighted by Gasteiger charge is 2.17. The fourth-order valence-corrected chi connectivity index (χ4v) is 2.72. The van der Waals surface area contributed by atoms with Gasteiger partial charge in [0.25, 0.3) is 0 Å². The molecule has 4 heteroatoms. The van der Waals surface area contributed by atoms with Crippen molar-refractivity contribution in [2.75, 3.05) is 0 Å². The van der Waals surface area contributed by atoms with E-state index in [0.717, 1.165) is 16.5 Å². The summed E-state index contributed by atoms with van der Waals surface area (Å²) in [6, 6.07) is 10.2.